The van der Waals surface area contributed by atoms with Gasteiger partial charge in [0.2, 0.25) is 0 Å². The van der Waals surface area contributed by atoms with Gasteiger partial charge in [-0.05, 0) is 49.9 Å². The molecule has 1 aliphatic rings. The van der Waals surface area contributed by atoms with E-state index in [-0.39, 0.29) is 5.54 Å². The van der Waals surface area contributed by atoms with Gasteiger partial charge in [-0.25, -0.2) is 0 Å². The molecule has 1 aromatic rings. The van der Waals surface area contributed by atoms with Gasteiger partial charge in [-0.3, -0.25) is 4.79 Å². The molecule has 0 radical (unpaired) electrons. The number of hydrogen-bond acceptors (Lipinski definition) is 3. The zero-order valence-electron chi connectivity index (χ0n) is 11.3. The maximum atomic E-state index is 10.9. The minimum atomic E-state index is 0.151. The van der Waals surface area contributed by atoms with Crippen LogP contribution >= 0.6 is 12.6 Å². The molecule has 1 unspecified atom stereocenters. The number of hydrogen-bond donors (Lipinski definition) is 1. The second kappa shape index (κ2) is 4.96. The lowest BCUT2D eigenvalue weighted by molar-refractivity contribution is 0.112. The third-order valence-corrected chi connectivity index (χ3v) is 4.07. The van der Waals surface area contributed by atoms with Crippen LogP contribution in [-0.2, 0) is 0 Å². The smallest absolute Gasteiger partial charge is 0.150 e. The zero-order valence-corrected chi connectivity index (χ0v) is 12.2. The molecule has 0 bridgehead atoms. The molecule has 0 saturated heterocycles. The summed E-state index contributed by atoms with van der Waals surface area (Å²) in [6, 6.07) is 6.03. The standard InChI is InChI=1S/C15H21NOS/c1-11-9-15(2,3)16(6-7-18)14-5-4-12(10-17)8-13(11)14/h4-5,8,10-11,18H,6-7,9H2,1-3H3. The highest BCUT2D eigenvalue weighted by atomic mass is 32.1. The first-order valence-corrected chi connectivity index (χ1v) is 7.10. The fourth-order valence-electron chi connectivity index (χ4n) is 3.11. The summed E-state index contributed by atoms with van der Waals surface area (Å²) in [5.74, 6) is 1.33. The van der Waals surface area contributed by atoms with Crippen molar-refractivity contribution in [2.45, 2.75) is 38.6 Å². The Morgan fingerprint density at radius 1 is 1.50 bits per heavy atom. The van der Waals surface area contributed by atoms with Gasteiger partial charge in [0.05, 0.1) is 0 Å². The Hall–Kier alpha value is -0.960. The van der Waals surface area contributed by atoms with Gasteiger partial charge >= 0.3 is 0 Å². The van der Waals surface area contributed by atoms with Crippen molar-refractivity contribution in [2.75, 3.05) is 17.2 Å². The first-order valence-electron chi connectivity index (χ1n) is 6.47. The van der Waals surface area contributed by atoms with Crippen molar-refractivity contribution in [2.24, 2.45) is 0 Å². The third kappa shape index (κ3) is 2.28. The van der Waals surface area contributed by atoms with Crippen molar-refractivity contribution in [3.63, 3.8) is 0 Å². The molecule has 0 saturated carbocycles. The molecule has 3 heteroatoms. The first kappa shape index (κ1) is 13.5. The Balaban J connectivity index is 2.50. The van der Waals surface area contributed by atoms with Crippen LogP contribution in [0.3, 0.4) is 0 Å². The fourth-order valence-corrected chi connectivity index (χ4v) is 3.31. The normalized spacial score (nSPS) is 21.6. The van der Waals surface area contributed by atoms with Gasteiger partial charge < -0.3 is 4.90 Å². The van der Waals surface area contributed by atoms with Crippen molar-refractivity contribution < 1.29 is 4.79 Å². The molecule has 2 nitrogen and oxygen atoms in total. The zero-order chi connectivity index (χ0) is 13.3. The van der Waals surface area contributed by atoms with E-state index in [1.807, 2.05) is 12.1 Å². The summed E-state index contributed by atoms with van der Waals surface area (Å²) in [5, 5.41) is 0. The molecule has 0 N–H and O–H groups in total. The van der Waals surface area contributed by atoms with Crippen molar-refractivity contribution >= 4 is 24.6 Å². The van der Waals surface area contributed by atoms with Crippen LogP contribution in [0.1, 0.15) is 49.0 Å². The molecule has 18 heavy (non-hydrogen) atoms. The van der Waals surface area contributed by atoms with E-state index >= 15 is 0 Å². The summed E-state index contributed by atoms with van der Waals surface area (Å²) < 4.78 is 0. The monoisotopic (exact) mass is 263 g/mol. The number of thiol groups is 1. The molecule has 1 heterocycles. The van der Waals surface area contributed by atoms with E-state index in [4.69, 9.17) is 0 Å². The lowest BCUT2D eigenvalue weighted by Crippen LogP contribution is -2.49. The molecule has 98 valence electrons. The summed E-state index contributed by atoms with van der Waals surface area (Å²) in [7, 11) is 0. The number of anilines is 1. The van der Waals surface area contributed by atoms with Gasteiger partial charge in [0.15, 0.2) is 0 Å². The molecule has 2 rings (SSSR count). The number of benzene rings is 1. The predicted molar refractivity (Wildman–Crippen MR) is 80.1 cm³/mol. The van der Waals surface area contributed by atoms with Gasteiger partial charge in [0.1, 0.15) is 6.29 Å². The largest absolute Gasteiger partial charge is 0.365 e. The quantitative estimate of drug-likeness (QED) is 0.665. The van der Waals surface area contributed by atoms with Crippen LogP contribution in [0.4, 0.5) is 5.69 Å². The Bertz CT molecular complexity index is 456. The average Bonchev–Trinajstić information content (AvgIpc) is 2.33. The molecule has 0 aromatic heterocycles. The minimum absolute atomic E-state index is 0.151. The van der Waals surface area contributed by atoms with E-state index < -0.39 is 0 Å². The lowest BCUT2D eigenvalue weighted by Gasteiger charge is -2.47. The first-order chi connectivity index (χ1) is 8.49. The molecular weight excluding hydrogens is 242 g/mol. The number of carbonyl (C=O) groups excluding carboxylic acids is 1. The van der Waals surface area contributed by atoms with E-state index in [2.05, 4.69) is 44.4 Å². The molecule has 1 atom stereocenters. The van der Waals surface area contributed by atoms with Crippen molar-refractivity contribution in [3.05, 3.63) is 29.3 Å². The van der Waals surface area contributed by atoms with Crippen LogP contribution in [0.5, 0.6) is 0 Å². The molecule has 0 fully saturated rings. The van der Waals surface area contributed by atoms with Crippen LogP contribution in [0.2, 0.25) is 0 Å². The van der Waals surface area contributed by atoms with Gasteiger partial charge in [-0.1, -0.05) is 6.92 Å². The van der Waals surface area contributed by atoms with Gasteiger partial charge in [-0.15, -0.1) is 0 Å². The highest BCUT2D eigenvalue weighted by molar-refractivity contribution is 7.80. The molecule has 0 amide bonds. The summed E-state index contributed by atoms with van der Waals surface area (Å²) >= 11 is 4.36. The number of rotatable bonds is 3. The SMILES string of the molecule is CC1CC(C)(C)N(CCS)c2ccc(C=O)cc21. The van der Waals surface area contributed by atoms with Crippen LogP contribution in [0.15, 0.2) is 18.2 Å². The molecule has 0 spiro atoms. The molecular formula is C15H21NOS. The molecule has 0 aliphatic carbocycles. The number of carbonyl (C=O) groups is 1. The molecule has 1 aliphatic heterocycles. The van der Waals surface area contributed by atoms with Crippen molar-refractivity contribution in [1.29, 1.82) is 0 Å². The Labute approximate surface area is 115 Å². The Kier molecular flexibility index (Phi) is 3.71. The van der Waals surface area contributed by atoms with E-state index in [9.17, 15) is 4.79 Å². The Morgan fingerprint density at radius 2 is 2.22 bits per heavy atom. The lowest BCUT2D eigenvalue weighted by atomic mass is 9.79. The summed E-state index contributed by atoms with van der Waals surface area (Å²) in [4.78, 5) is 13.3. The van der Waals surface area contributed by atoms with Crippen molar-refractivity contribution in [3.8, 4) is 0 Å². The van der Waals surface area contributed by atoms with E-state index in [1.165, 1.54) is 11.3 Å². The van der Waals surface area contributed by atoms with Crippen LogP contribution in [-0.4, -0.2) is 24.1 Å². The minimum Gasteiger partial charge on any atom is -0.365 e. The van der Waals surface area contributed by atoms with Crippen LogP contribution in [0, 0.1) is 0 Å². The maximum absolute atomic E-state index is 10.9. The summed E-state index contributed by atoms with van der Waals surface area (Å²) in [6.07, 6.45) is 2.03. The summed E-state index contributed by atoms with van der Waals surface area (Å²) in [5.41, 5.74) is 3.47. The van der Waals surface area contributed by atoms with E-state index in [0.717, 1.165) is 30.6 Å². The van der Waals surface area contributed by atoms with Crippen molar-refractivity contribution in [1.82, 2.24) is 0 Å². The number of aldehydes is 1. The maximum Gasteiger partial charge on any atom is 0.150 e. The second-order valence-corrected chi connectivity index (χ2v) is 6.18. The highest BCUT2D eigenvalue weighted by Crippen LogP contribution is 2.43. The fraction of sp³-hybridized carbons (Fsp3) is 0.533. The van der Waals surface area contributed by atoms with E-state index in [0.29, 0.717) is 5.92 Å². The highest BCUT2D eigenvalue weighted by Gasteiger charge is 2.35. The average molecular weight is 263 g/mol. The van der Waals surface area contributed by atoms with Gasteiger partial charge in [0.25, 0.3) is 0 Å². The summed E-state index contributed by atoms with van der Waals surface area (Å²) in [6.45, 7) is 7.75. The third-order valence-electron chi connectivity index (χ3n) is 3.87. The second-order valence-electron chi connectivity index (χ2n) is 5.73. The predicted octanol–water partition coefficient (Wildman–Crippen LogP) is 3.52. The van der Waals surface area contributed by atoms with Crippen LogP contribution < -0.4 is 4.90 Å². The molecule has 1 aromatic carbocycles. The number of fused-ring (bicyclic) bond motifs is 1. The van der Waals surface area contributed by atoms with E-state index in [1.54, 1.807) is 0 Å². The topological polar surface area (TPSA) is 20.3 Å². The van der Waals surface area contributed by atoms with Crippen LogP contribution in [0.25, 0.3) is 0 Å². The van der Waals surface area contributed by atoms with Gasteiger partial charge in [-0.2, -0.15) is 12.6 Å². The number of nitrogens with zero attached hydrogens (tertiary/aromatic N) is 1. The van der Waals surface area contributed by atoms with Gasteiger partial charge in [0, 0.05) is 29.1 Å². The Morgan fingerprint density at radius 3 is 2.83 bits per heavy atom.